The third-order valence-electron chi connectivity index (χ3n) is 2.64. The molecule has 96 valence electrons. The molecule has 0 bridgehead atoms. The highest BCUT2D eigenvalue weighted by molar-refractivity contribution is 7.99. The Balaban J connectivity index is 2.49. The van der Waals surface area contributed by atoms with Crippen LogP contribution in [0.2, 0.25) is 0 Å². The van der Waals surface area contributed by atoms with Gasteiger partial charge in [-0.25, -0.2) is 0 Å². The van der Waals surface area contributed by atoms with Gasteiger partial charge in [0.15, 0.2) is 0 Å². The molecule has 1 rings (SSSR count). The molecule has 2 atom stereocenters. The van der Waals surface area contributed by atoms with Gasteiger partial charge in [-0.1, -0.05) is 23.8 Å². The summed E-state index contributed by atoms with van der Waals surface area (Å²) >= 11 is 1.57. The summed E-state index contributed by atoms with van der Waals surface area (Å²) in [7, 11) is 0. The van der Waals surface area contributed by atoms with Gasteiger partial charge in [0.1, 0.15) is 0 Å². The molecule has 0 spiro atoms. The van der Waals surface area contributed by atoms with Crippen LogP contribution in [0.1, 0.15) is 22.7 Å². The van der Waals surface area contributed by atoms with Gasteiger partial charge in [-0.15, -0.1) is 0 Å². The molecule has 0 fully saturated rings. The van der Waals surface area contributed by atoms with Crippen molar-refractivity contribution < 1.29 is 10.2 Å². The normalized spacial score (nSPS) is 14.6. The first kappa shape index (κ1) is 14.5. The van der Waals surface area contributed by atoms with Crippen LogP contribution in [0.5, 0.6) is 0 Å². The van der Waals surface area contributed by atoms with Crippen LogP contribution in [-0.2, 0) is 0 Å². The molecule has 0 saturated carbocycles. The molecule has 17 heavy (non-hydrogen) atoms. The zero-order valence-electron chi connectivity index (χ0n) is 10.4. The third-order valence-corrected chi connectivity index (χ3v) is 3.86. The molecule has 1 aromatic rings. The van der Waals surface area contributed by atoms with Crippen LogP contribution in [0.25, 0.3) is 0 Å². The fourth-order valence-electron chi connectivity index (χ4n) is 1.72. The number of nitrogens with two attached hydrogens (primary N) is 1. The maximum absolute atomic E-state index is 9.22. The van der Waals surface area contributed by atoms with Crippen molar-refractivity contribution in [3.8, 4) is 0 Å². The zero-order valence-corrected chi connectivity index (χ0v) is 11.2. The van der Waals surface area contributed by atoms with Crippen molar-refractivity contribution in [1.82, 2.24) is 0 Å². The molecule has 2 unspecified atom stereocenters. The Morgan fingerprint density at radius 3 is 2.59 bits per heavy atom. The Kier molecular flexibility index (Phi) is 5.98. The average molecular weight is 255 g/mol. The van der Waals surface area contributed by atoms with Crippen LogP contribution in [0, 0.1) is 13.8 Å². The smallest absolute Gasteiger partial charge is 0.0861 e. The Hall–Kier alpha value is -0.550. The minimum atomic E-state index is -0.647. The fourth-order valence-corrected chi connectivity index (χ4v) is 2.66. The number of rotatable bonds is 6. The molecule has 4 heteroatoms. The zero-order chi connectivity index (χ0) is 12.8. The molecule has 0 radical (unpaired) electrons. The Labute approximate surface area is 107 Å². The first-order chi connectivity index (χ1) is 8.04. The first-order valence-corrected chi connectivity index (χ1v) is 6.89. The SMILES string of the molecule is Cc1ccc(C(N)CSCC(O)CO)c(C)c1. The Morgan fingerprint density at radius 2 is 2.00 bits per heavy atom. The van der Waals surface area contributed by atoms with Crippen LogP contribution >= 0.6 is 11.8 Å². The Bertz CT molecular complexity index is 357. The van der Waals surface area contributed by atoms with E-state index in [1.807, 2.05) is 0 Å². The van der Waals surface area contributed by atoms with E-state index in [4.69, 9.17) is 10.8 Å². The van der Waals surface area contributed by atoms with E-state index >= 15 is 0 Å². The van der Waals surface area contributed by atoms with Crippen LogP contribution < -0.4 is 5.73 Å². The number of aliphatic hydroxyl groups excluding tert-OH is 2. The van der Waals surface area contributed by atoms with E-state index in [9.17, 15) is 5.11 Å². The summed E-state index contributed by atoms with van der Waals surface area (Å²) in [5.41, 5.74) is 9.71. The van der Waals surface area contributed by atoms with Crippen molar-refractivity contribution in [3.05, 3.63) is 34.9 Å². The number of hydrogen-bond acceptors (Lipinski definition) is 4. The molecule has 0 amide bonds. The van der Waals surface area contributed by atoms with Crippen molar-refractivity contribution >= 4 is 11.8 Å². The summed E-state index contributed by atoms with van der Waals surface area (Å²) in [5, 5.41) is 17.9. The van der Waals surface area contributed by atoms with Crippen LogP contribution in [-0.4, -0.2) is 34.4 Å². The van der Waals surface area contributed by atoms with E-state index < -0.39 is 6.10 Å². The summed E-state index contributed by atoms with van der Waals surface area (Å²) in [6, 6.07) is 6.24. The second-order valence-electron chi connectivity index (χ2n) is 4.34. The molecular formula is C13H21NO2S. The Morgan fingerprint density at radius 1 is 1.29 bits per heavy atom. The molecule has 1 aromatic carbocycles. The summed E-state index contributed by atoms with van der Waals surface area (Å²) in [4.78, 5) is 0. The number of aryl methyl sites for hydroxylation is 2. The van der Waals surface area contributed by atoms with Crippen LogP contribution in [0.4, 0.5) is 0 Å². The van der Waals surface area contributed by atoms with Crippen molar-refractivity contribution in [2.75, 3.05) is 18.1 Å². The third kappa shape index (κ3) is 4.68. The monoisotopic (exact) mass is 255 g/mol. The number of hydrogen-bond donors (Lipinski definition) is 3. The van der Waals surface area contributed by atoms with Gasteiger partial charge >= 0.3 is 0 Å². The first-order valence-electron chi connectivity index (χ1n) is 5.74. The van der Waals surface area contributed by atoms with Gasteiger partial charge < -0.3 is 15.9 Å². The predicted molar refractivity (Wildman–Crippen MR) is 73.3 cm³/mol. The molecule has 3 nitrogen and oxygen atoms in total. The van der Waals surface area contributed by atoms with E-state index in [1.165, 1.54) is 11.1 Å². The molecule has 0 aliphatic heterocycles. The van der Waals surface area contributed by atoms with Gasteiger partial charge in [0.2, 0.25) is 0 Å². The van der Waals surface area contributed by atoms with Gasteiger partial charge in [0, 0.05) is 17.5 Å². The minimum Gasteiger partial charge on any atom is -0.394 e. The molecule has 0 aliphatic carbocycles. The molecule has 0 saturated heterocycles. The second kappa shape index (κ2) is 7.01. The van der Waals surface area contributed by atoms with Crippen LogP contribution in [0.15, 0.2) is 18.2 Å². The topological polar surface area (TPSA) is 66.5 Å². The summed E-state index contributed by atoms with van der Waals surface area (Å²) < 4.78 is 0. The highest BCUT2D eigenvalue weighted by atomic mass is 32.2. The van der Waals surface area contributed by atoms with Gasteiger partial charge in [0.25, 0.3) is 0 Å². The molecule has 0 heterocycles. The van der Waals surface area contributed by atoms with E-state index in [1.54, 1.807) is 11.8 Å². The summed E-state index contributed by atoms with van der Waals surface area (Å²) in [6.45, 7) is 3.94. The van der Waals surface area contributed by atoms with Crippen molar-refractivity contribution in [3.63, 3.8) is 0 Å². The maximum atomic E-state index is 9.22. The largest absolute Gasteiger partial charge is 0.394 e. The van der Waals surface area contributed by atoms with Crippen molar-refractivity contribution in [2.45, 2.75) is 26.0 Å². The lowest BCUT2D eigenvalue weighted by molar-refractivity contribution is 0.113. The van der Waals surface area contributed by atoms with Gasteiger partial charge in [-0.3, -0.25) is 0 Å². The molecule has 4 N–H and O–H groups in total. The van der Waals surface area contributed by atoms with Gasteiger partial charge in [-0.2, -0.15) is 11.8 Å². The van der Waals surface area contributed by atoms with Gasteiger partial charge in [0.05, 0.1) is 12.7 Å². The number of benzene rings is 1. The minimum absolute atomic E-state index is 0.0218. The number of aliphatic hydroxyl groups is 2. The lowest BCUT2D eigenvalue weighted by Gasteiger charge is -2.15. The molecular weight excluding hydrogens is 234 g/mol. The maximum Gasteiger partial charge on any atom is 0.0861 e. The second-order valence-corrected chi connectivity index (χ2v) is 5.42. The van der Waals surface area contributed by atoms with E-state index in [2.05, 4.69) is 32.0 Å². The molecule has 0 aromatic heterocycles. The van der Waals surface area contributed by atoms with Crippen molar-refractivity contribution in [2.24, 2.45) is 5.73 Å². The van der Waals surface area contributed by atoms with E-state index in [0.717, 1.165) is 11.3 Å². The predicted octanol–water partition coefficient (Wildman–Crippen LogP) is 1.39. The highest BCUT2D eigenvalue weighted by Gasteiger charge is 2.10. The van der Waals surface area contributed by atoms with Crippen LogP contribution in [0.3, 0.4) is 0 Å². The van der Waals surface area contributed by atoms with Gasteiger partial charge in [-0.05, 0) is 25.0 Å². The quantitative estimate of drug-likeness (QED) is 0.718. The average Bonchev–Trinajstić information content (AvgIpc) is 2.28. The lowest BCUT2D eigenvalue weighted by Crippen LogP contribution is -2.19. The summed E-state index contributed by atoms with van der Waals surface area (Å²) in [5.74, 6) is 1.27. The van der Waals surface area contributed by atoms with Crippen molar-refractivity contribution in [1.29, 1.82) is 0 Å². The van der Waals surface area contributed by atoms with E-state index in [0.29, 0.717) is 5.75 Å². The lowest BCUT2D eigenvalue weighted by atomic mass is 10.0. The standard InChI is InChI=1S/C13H21NO2S/c1-9-3-4-12(10(2)5-9)13(14)8-17-7-11(16)6-15/h3-5,11,13,15-16H,6-8,14H2,1-2H3. The number of thioether (sulfide) groups is 1. The fraction of sp³-hybridized carbons (Fsp3) is 0.538. The summed E-state index contributed by atoms with van der Waals surface area (Å²) in [6.07, 6.45) is -0.647. The van der Waals surface area contributed by atoms with E-state index in [-0.39, 0.29) is 12.6 Å². The molecule has 0 aliphatic rings. The highest BCUT2D eigenvalue weighted by Crippen LogP contribution is 2.21.